The van der Waals surface area contributed by atoms with E-state index in [1.54, 1.807) is 0 Å². The summed E-state index contributed by atoms with van der Waals surface area (Å²) in [7, 11) is 0. The molecule has 0 spiro atoms. The van der Waals surface area contributed by atoms with Gasteiger partial charge in [0, 0.05) is 30.6 Å². The molecule has 7 heteroatoms. The van der Waals surface area contributed by atoms with Crippen LogP contribution in [0, 0.1) is 0 Å². The second-order valence-electron chi connectivity index (χ2n) is 4.66. The number of rotatable bonds is 2. The molecule has 0 radical (unpaired) electrons. The molecule has 0 aliphatic carbocycles. The number of carbonyl (C=O) groups excluding carboxylic acids is 1. The molecule has 2 N–H and O–H groups in total. The zero-order chi connectivity index (χ0) is 14.7. The van der Waals surface area contributed by atoms with Crippen LogP contribution in [0.2, 0.25) is 0 Å². The number of aromatic nitrogens is 3. The molecule has 0 bridgehead atoms. The number of hydrogen-bond acceptors (Lipinski definition) is 5. The fourth-order valence-electron chi connectivity index (χ4n) is 2.34. The lowest BCUT2D eigenvalue weighted by Gasteiger charge is -2.11. The number of carbonyl (C=O) groups is 1. The Balaban J connectivity index is 1.96. The predicted molar refractivity (Wildman–Crippen MR) is 75.3 cm³/mol. The minimum atomic E-state index is -0.361. The van der Waals surface area contributed by atoms with E-state index in [1.165, 1.54) is 24.7 Å². The Labute approximate surface area is 120 Å². The number of amides is 1. The molecule has 0 unspecified atom stereocenters. The Morgan fingerprint density at radius 1 is 1.29 bits per heavy atom. The number of anilines is 1. The van der Waals surface area contributed by atoms with Crippen LogP contribution in [-0.4, -0.2) is 34.1 Å². The van der Waals surface area contributed by atoms with E-state index in [-0.39, 0.29) is 11.5 Å². The highest BCUT2D eigenvalue weighted by Gasteiger charge is 2.19. The maximum atomic E-state index is 12.4. The summed E-state index contributed by atoms with van der Waals surface area (Å²) in [6.45, 7) is 1.07. The second-order valence-corrected chi connectivity index (χ2v) is 4.66. The van der Waals surface area contributed by atoms with Gasteiger partial charge in [-0.2, -0.15) is 0 Å². The van der Waals surface area contributed by atoms with E-state index in [2.05, 4.69) is 20.3 Å². The van der Waals surface area contributed by atoms with Crippen LogP contribution in [0.3, 0.4) is 0 Å². The number of H-pyrrole nitrogens is 1. The molecule has 1 aliphatic heterocycles. The number of ether oxygens (including phenoxy) is 1. The maximum Gasteiger partial charge on any atom is 0.257 e. The molecule has 0 aromatic carbocycles. The first-order valence-electron chi connectivity index (χ1n) is 6.64. The quantitative estimate of drug-likeness (QED) is 0.839. The molecule has 21 heavy (non-hydrogen) atoms. The summed E-state index contributed by atoms with van der Waals surface area (Å²) in [5, 5.41) is 2.65. The topological polar surface area (TPSA) is 97.0 Å². The number of aromatic amines is 1. The van der Waals surface area contributed by atoms with Crippen LogP contribution >= 0.6 is 0 Å². The summed E-state index contributed by atoms with van der Waals surface area (Å²) in [4.78, 5) is 34.8. The van der Waals surface area contributed by atoms with Gasteiger partial charge in [-0.15, -0.1) is 0 Å². The van der Waals surface area contributed by atoms with Crippen molar-refractivity contribution in [3.63, 3.8) is 0 Å². The van der Waals surface area contributed by atoms with Gasteiger partial charge >= 0.3 is 0 Å². The predicted octanol–water partition coefficient (Wildman–Crippen LogP) is 0.532. The molecule has 7 nitrogen and oxygen atoms in total. The number of hydrogen-bond donors (Lipinski definition) is 2. The van der Waals surface area contributed by atoms with Gasteiger partial charge < -0.3 is 15.0 Å². The largest absolute Gasteiger partial charge is 0.381 e. The fraction of sp³-hybridized carbons (Fsp3) is 0.286. The van der Waals surface area contributed by atoms with Gasteiger partial charge in [0.25, 0.3) is 5.91 Å². The van der Waals surface area contributed by atoms with E-state index in [4.69, 9.17) is 4.74 Å². The third-order valence-electron chi connectivity index (χ3n) is 3.28. The molecule has 0 atom stereocenters. The van der Waals surface area contributed by atoms with Crippen molar-refractivity contribution in [2.45, 2.75) is 12.8 Å². The van der Waals surface area contributed by atoms with Crippen molar-refractivity contribution in [2.24, 2.45) is 0 Å². The number of pyridine rings is 1. The second kappa shape index (κ2) is 5.84. The summed E-state index contributed by atoms with van der Waals surface area (Å²) < 4.78 is 5.39. The van der Waals surface area contributed by atoms with E-state index in [0.717, 1.165) is 11.3 Å². The first-order valence-corrected chi connectivity index (χ1v) is 6.64. The average Bonchev–Trinajstić information content (AvgIpc) is 2.72. The van der Waals surface area contributed by atoms with Gasteiger partial charge in [-0.1, -0.05) is 0 Å². The lowest BCUT2D eigenvalue weighted by Crippen LogP contribution is -2.21. The lowest BCUT2D eigenvalue weighted by molar-refractivity contribution is 0.102. The minimum Gasteiger partial charge on any atom is -0.381 e. The molecule has 0 saturated carbocycles. The Bertz CT molecular complexity index is 712. The lowest BCUT2D eigenvalue weighted by atomic mass is 10.0. The average molecular weight is 286 g/mol. The SMILES string of the molecule is O=C(Nc1cnccn1)c1cc(=O)[nH]c2c1CCOCC2. The molecule has 2 aromatic heterocycles. The number of nitrogens with one attached hydrogen (secondary N) is 2. The van der Waals surface area contributed by atoms with E-state index in [0.29, 0.717) is 37.4 Å². The Morgan fingerprint density at radius 3 is 2.95 bits per heavy atom. The molecule has 1 aliphatic rings. The van der Waals surface area contributed by atoms with Crippen LogP contribution in [0.25, 0.3) is 0 Å². The van der Waals surface area contributed by atoms with Gasteiger partial charge in [0.2, 0.25) is 5.56 Å². The van der Waals surface area contributed by atoms with Crippen molar-refractivity contribution < 1.29 is 9.53 Å². The zero-order valence-electron chi connectivity index (χ0n) is 11.3. The van der Waals surface area contributed by atoms with Crippen LogP contribution in [0.4, 0.5) is 5.82 Å². The molecule has 0 saturated heterocycles. The minimum absolute atomic E-state index is 0.292. The summed E-state index contributed by atoms with van der Waals surface area (Å²) in [6, 6.07) is 1.32. The first kappa shape index (κ1) is 13.4. The van der Waals surface area contributed by atoms with E-state index in [1.807, 2.05) is 0 Å². The Morgan fingerprint density at radius 2 is 2.14 bits per heavy atom. The van der Waals surface area contributed by atoms with Gasteiger partial charge in [0.05, 0.1) is 25.0 Å². The van der Waals surface area contributed by atoms with E-state index in [9.17, 15) is 9.59 Å². The Hall–Kier alpha value is -2.54. The summed E-state index contributed by atoms with van der Waals surface area (Å²) in [5.74, 6) is -0.0128. The van der Waals surface area contributed by atoms with Crippen LogP contribution in [-0.2, 0) is 17.6 Å². The molecular weight excluding hydrogens is 272 g/mol. The Kier molecular flexibility index (Phi) is 3.74. The van der Waals surface area contributed by atoms with Crippen molar-refractivity contribution in [1.82, 2.24) is 15.0 Å². The monoisotopic (exact) mass is 286 g/mol. The zero-order valence-corrected chi connectivity index (χ0v) is 11.3. The van der Waals surface area contributed by atoms with E-state index >= 15 is 0 Å². The summed E-state index contributed by atoms with van der Waals surface area (Å²) >= 11 is 0. The van der Waals surface area contributed by atoms with Gasteiger partial charge in [0.15, 0.2) is 5.82 Å². The normalized spacial score (nSPS) is 14.1. The van der Waals surface area contributed by atoms with Crippen molar-refractivity contribution in [3.05, 3.63) is 51.8 Å². The van der Waals surface area contributed by atoms with E-state index < -0.39 is 0 Å². The fourth-order valence-corrected chi connectivity index (χ4v) is 2.34. The summed E-state index contributed by atoms with van der Waals surface area (Å²) in [5.41, 5.74) is 1.67. The molecule has 2 aromatic rings. The highest BCUT2D eigenvalue weighted by molar-refractivity contribution is 6.04. The smallest absolute Gasteiger partial charge is 0.257 e. The first-order chi connectivity index (χ1) is 10.2. The molecule has 108 valence electrons. The number of fused-ring (bicyclic) bond motifs is 1. The molecular formula is C14H14N4O3. The van der Waals surface area contributed by atoms with Gasteiger partial charge in [-0.25, -0.2) is 4.98 Å². The molecule has 0 fully saturated rings. The van der Waals surface area contributed by atoms with Crippen LogP contribution in [0.15, 0.2) is 29.5 Å². The maximum absolute atomic E-state index is 12.4. The van der Waals surface area contributed by atoms with Crippen molar-refractivity contribution in [3.8, 4) is 0 Å². The molecule has 3 rings (SSSR count). The van der Waals surface area contributed by atoms with Crippen LogP contribution in [0.5, 0.6) is 0 Å². The van der Waals surface area contributed by atoms with Gasteiger partial charge in [-0.3, -0.25) is 14.6 Å². The highest BCUT2D eigenvalue weighted by atomic mass is 16.5. The number of nitrogens with zero attached hydrogens (tertiary/aromatic N) is 2. The summed E-state index contributed by atoms with van der Waals surface area (Å²) in [6.07, 6.45) is 5.65. The highest BCUT2D eigenvalue weighted by Crippen LogP contribution is 2.16. The third-order valence-corrected chi connectivity index (χ3v) is 3.28. The van der Waals surface area contributed by atoms with Crippen molar-refractivity contribution >= 4 is 11.7 Å². The molecule has 1 amide bonds. The molecule has 3 heterocycles. The van der Waals surface area contributed by atoms with Crippen molar-refractivity contribution in [2.75, 3.05) is 18.5 Å². The third kappa shape index (κ3) is 2.97. The van der Waals surface area contributed by atoms with Crippen LogP contribution < -0.4 is 10.9 Å². The van der Waals surface area contributed by atoms with Gasteiger partial charge in [0.1, 0.15) is 0 Å². The van der Waals surface area contributed by atoms with Gasteiger partial charge in [-0.05, 0) is 12.0 Å². The standard InChI is InChI=1S/C14H14N4O3/c19-13-7-10(9-1-5-21-6-2-11(9)17-13)14(20)18-12-8-15-3-4-16-12/h3-4,7-8H,1-2,5-6H2,(H,17,19)(H,16,18,20). The van der Waals surface area contributed by atoms with Crippen LogP contribution in [0.1, 0.15) is 21.6 Å². The van der Waals surface area contributed by atoms with Crippen molar-refractivity contribution in [1.29, 1.82) is 0 Å².